The number of amides is 2. The number of carbonyl (C=O) groups excluding carboxylic acids is 1. The van der Waals surface area contributed by atoms with Crippen molar-refractivity contribution in [3.8, 4) is 11.1 Å². The molecule has 0 saturated heterocycles. The number of pyridine rings is 1. The number of nitrogens with one attached hydrogen (secondary N) is 2. The lowest BCUT2D eigenvalue weighted by molar-refractivity contribution is 0.257. The number of carbonyl (C=O) groups is 1. The maximum Gasteiger partial charge on any atom is 0.329 e. The number of aryl methyl sites for hydroxylation is 2. The molecule has 0 radical (unpaired) electrons. The molecule has 1 fully saturated rings. The highest BCUT2D eigenvalue weighted by molar-refractivity contribution is 7.98. The van der Waals surface area contributed by atoms with E-state index in [9.17, 15) is 4.79 Å². The molecule has 33 heavy (non-hydrogen) atoms. The molecule has 4 aromatic rings. The van der Waals surface area contributed by atoms with Gasteiger partial charge in [0.1, 0.15) is 0 Å². The third-order valence-electron chi connectivity index (χ3n) is 6.81. The second-order valence-electron chi connectivity index (χ2n) is 8.95. The standard InChI is InChI=1S/C25H26N6OS/c1-16-12-17-4-2-7-22(17)24(23(16)18-9-11-30-20(13-18)8-10-26-30)28-25(32)29-33-21-14-27-31(15-21)19-5-3-6-19/h8-15,19H,2-7H2,1H3,(H2,28,29,32). The Labute approximate surface area is 196 Å². The van der Waals surface area contributed by atoms with Crippen LogP contribution < -0.4 is 10.0 Å². The van der Waals surface area contributed by atoms with Gasteiger partial charge in [-0.25, -0.2) is 9.31 Å². The summed E-state index contributed by atoms with van der Waals surface area (Å²) in [7, 11) is 0. The van der Waals surface area contributed by atoms with Crippen molar-refractivity contribution in [2.75, 3.05) is 5.32 Å². The summed E-state index contributed by atoms with van der Waals surface area (Å²) in [6, 6.07) is 8.76. The van der Waals surface area contributed by atoms with E-state index in [0.717, 1.165) is 46.5 Å². The van der Waals surface area contributed by atoms with Crippen LogP contribution in [0.1, 0.15) is 48.4 Å². The monoisotopic (exact) mass is 458 g/mol. The van der Waals surface area contributed by atoms with E-state index < -0.39 is 0 Å². The Morgan fingerprint density at radius 2 is 2.06 bits per heavy atom. The van der Waals surface area contributed by atoms with Crippen molar-refractivity contribution in [2.45, 2.75) is 56.4 Å². The fourth-order valence-electron chi connectivity index (χ4n) is 4.95. The summed E-state index contributed by atoms with van der Waals surface area (Å²) < 4.78 is 6.82. The summed E-state index contributed by atoms with van der Waals surface area (Å²) >= 11 is 1.31. The van der Waals surface area contributed by atoms with E-state index in [1.807, 2.05) is 33.9 Å². The molecule has 2 aliphatic rings. The zero-order chi connectivity index (χ0) is 22.4. The topological polar surface area (TPSA) is 76.2 Å². The number of benzene rings is 1. The molecule has 2 N–H and O–H groups in total. The van der Waals surface area contributed by atoms with Gasteiger partial charge in [-0.3, -0.25) is 9.40 Å². The van der Waals surface area contributed by atoms with Crippen LogP contribution in [0.3, 0.4) is 0 Å². The van der Waals surface area contributed by atoms with Crippen molar-refractivity contribution in [3.63, 3.8) is 0 Å². The Morgan fingerprint density at radius 1 is 1.15 bits per heavy atom. The quantitative estimate of drug-likeness (QED) is 0.385. The average Bonchev–Trinajstić information content (AvgIpc) is 3.51. The van der Waals surface area contributed by atoms with E-state index in [0.29, 0.717) is 6.04 Å². The van der Waals surface area contributed by atoms with Gasteiger partial charge in [0.05, 0.1) is 28.3 Å². The number of rotatable bonds is 5. The minimum atomic E-state index is -0.220. The molecule has 0 atom stereocenters. The minimum absolute atomic E-state index is 0.220. The fourth-order valence-corrected chi connectivity index (χ4v) is 5.47. The van der Waals surface area contributed by atoms with E-state index in [1.165, 1.54) is 47.9 Å². The molecule has 8 heteroatoms. The lowest BCUT2D eigenvalue weighted by Crippen LogP contribution is -2.24. The smallest absolute Gasteiger partial charge is 0.306 e. The first kappa shape index (κ1) is 20.4. The molecular weight excluding hydrogens is 432 g/mol. The van der Waals surface area contributed by atoms with Crippen LogP contribution in [-0.2, 0) is 12.8 Å². The van der Waals surface area contributed by atoms with E-state index in [1.54, 1.807) is 6.20 Å². The van der Waals surface area contributed by atoms with Crippen LogP contribution in [0.2, 0.25) is 0 Å². The second-order valence-corrected chi connectivity index (χ2v) is 9.83. The first-order valence-electron chi connectivity index (χ1n) is 11.5. The van der Waals surface area contributed by atoms with E-state index in [2.05, 4.69) is 45.4 Å². The van der Waals surface area contributed by atoms with Gasteiger partial charge in [0, 0.05) is 24.2 Å². The van der Waals surface area contributed by atoms with Crippen molar-refractivity contribution in [1.82, 2.24) is 24.1 Å². The molecule has 0 unspecified atom stereocenters. The van der Waals surface area contributed by atoms with Gasteiger partial charge in [-0.15, -0.1) is 0 Å². The Bertz CT molecular complexity index is 1350. The number of urea groups is 1. The number of fused-ring (bicyclic) bond motifs is 2. The first-order chi connectivity index (χ1) is 16.2. The second kappa shape index (κ2) is 8.26. The number of hydrogen-bond acceptors (Lipinski definition) is 4. The van der Waals surface area contributed by atoms with Gasteiger partial charge >= 0.3 is 6.03 Å². The maximum atomic E-state index is 13.0. The molecule has 3 aromatic heterocycles. The fraction of sp³-hybridized carbons (Fsp3) is 0.320. The Balaban J connectivity index is 1.27. The summed E-state index contributed by atoms with van der Waals surface area (Å²) in [5, 5.41) is 12.0. The molecule has 1 aromatic carbocycles. The molecule has 1 saturated carbocycles. The Kier molecular flexibility index (Phi) is 5.10. The molecule has 2 amide bonds. The predicted octanol–water partition coefficient (Wildman–Crippen LogP) is 5.55. The zero-order valence-electron chi connectivity index (χ0n) is 18.5. The molecule has 6 rings (SSSR count). The largest absolute Gasteiger partial charge is 0.329 e. The average molecular weight is 459 g/mol. The third kappa shape index (κ3) is 3.78. The van der Waals surface area contributed by atoms with Gasteiger partial charge in [0.15, 0.2) is 0 Å². The normalized spacial score (nSPS) is 15.4. The number of aromatic nitrogens is 4. The molecule has 7 nitrogen and oxygen atoms in total. The molecule has 168 valence electrons. The Hall–Kier alpha value is -3.26. The first-order valence-corrected chi connectivity index (χ1v) is 12.3. The highest BCUT2D eigenvalue weighted by atomic mass is 32.2. The summed E-state index contributed by atoms with van der Waals surface area (Å²) in [5.41, 5.74) is 7.88. The van der Waals surface area contributed by atoms with E-state index >= 15 is 0 Å². The number of nitrogens with zero attached hydrogens (tertiary/aromatic N) is 4. The maximum absolute atomic E-state index is 13.0. The highest BCUT2D eigenvalue weighted by Gasteiger charge is 2.23. The number of anilines is 1. The number of hydrogen-bond donors (Lipinski definition) is 2. The van der Waals surface area contributed by atoms with Crippen molar-refractivity contribution in [3.05, 3.63) is 65.7 Å². The van der Waals surface area contributed by atoms with Crippen molar-refractivity contribution in [1.29, 1.82) is 0 Å². The molecule has 2 aliphatic carbocycles. The zero-order valence-corrected chi connectivity index (χ0v) is 19.4. The third-order valence-corrected chi connectivity index (χ3v) is 7.55. The molecule has 3 heterocycles. The van der Waals surface area contributed by atoms with Gasteiger partial charge in [0.2, 0.25) is 0 Å². The van der Waals surface area contributed by atoms with Crippen LogP contribution in [0.4, 0.5) is 10.5 Å². The lowest BCUT2D eigenvalue weighted by atomic mass is 9.93. The van der Waals surface area contributed by atoms with Crippen LogP contribution in [-0.4, -0.2) is 25.4 Å². The summed E-state index contributed by atoms with van der Waals surface area (Å²) in [6.45, 7) is 2.13. The summed E-state index contributed by atoms with van der Waals surface area (Å²) in [6.07, 6.45) is 14.4. The van der Waals surface area contributed by atoms with Crippen LogP contribution in [0, 0.1) is 6.92 Å². The van der Waals surface area contributed by atoms with Gasteiger partial charge in [0.25, 0.3) is 0 Å². The molecular formula is C25H26N6OS. The van der Waals surface area contributed by atoms with Crippen molar-refractivity contribution in [2.24, 2.45) is 0 Å². The van der Waals surface area contributed by atoms with Crippen LogP contribution in [0.15, 0.2) is 53.9 Å². The SMILES string of the molecule is Cc1cc2c(c(NC(=O)NSc3cnn(C4CCC4)c3)c1-c1ccn3nccc3c1)CCC2. The van der Waals surface area contributed by atoms with Gasteiger partial charge < -0.3 is 5.32 Å². The van der Waals surface area contributed by atoms with E-state index in [-0.39, 0.29) is 6.03 Å². The van der Waals surface area contributed by atoms with Crippen LogP contribution in [0.25, 0.3) is 16.6 Å². The molecule has 0 aliphatic heterocycles. The summed E-state index contributed by atoms with van der Waals surface area (Å²) in [5.74, 6) is 0. The van der Waals surface area contributed by atoms with E-state index in [4.69, 9.17) is 0 Å². The van der Waals surface area contributed by atoms with Gasteiger partial charge in [-0.1, -0.05) is 6.07 Å². The van der Waals surface area contributed by atoms with Gasteiger partial charge in [-0.2, -0.15) is 10.2 Å². The predicted molar refractivity (Wildman–Crippen MR) is 131 cm³/mol. The van der Waals surface area contributed by atoms with Crippen LogP contribution >= 0.6 is 11.9 Å². The van der Waals surface area contributed by atoms with Crippen molar-refractivity contribution >= 4 is 29.2 Å². The highest BCUT2D eigenvalue weighted by Crippen LogP contribution is 2.40. The van der Waals surface area contributed by atoms with Crippen molar-refractivity contribution < 1.29 is 4.79 Å². The molecule has 0 spiro atoms. The minimum Gasteiger partial charge on any atom is -0.306 e. The van der Waals surface area contributed by atoms with Crippen LogP contribution in [0.5, 0.6) is 0 Å². The lowest BCUT2D eigenvalue weighted by Gasteiger charge is -2.25. The van der Waals surface area contributed by atoms with Gasteiger partial charge in [-0.05, 0) is 97.8 Å². The molecule has 0 bridgehead atoms. The Morgan fingerprint density at radius 3 is 2.91 bits per heavy atom. The summed E-state index contributed by atoms with van der Waals surface area (Å²) in [4.78, 5) is 13.9.